The highest BCUT2D eigenvalue weighted by Crippen LogP contribution is 2.27. The van der Waals surface area contributed by atoms with Crippen LogP contribution >= 0.6 is 11.8 Å². The Morgan fingerprint density at radius 3 is 3.06 bits per heavy atom. The van der Waals surface area contributed by atoms with E-state index in [-0.39, 0.29) is 11.3 Å². The summed E-state index contributed by atoms with van der Waals surface area (Å²) in [7, 11) is 1.45. The molecule has 0 aliphatic carbocycles. The highest BCUT2D eigenvalue weighted by Gasteiger charge is 2.19. The Morgan fingerprint density at radius 2 is 2.41 bits per heavy atom. The summed E-state index contributed by atoms with van der Waals surface area (Å²) < 4.78 is 5.04. The number of phenolic OH excluding ortho intramolecular Hbond substituents is 1. The van der Waals surface area contributed by atoms with Gasteiger partial charge in [-0.1, -0.05) is 17.8 Å². The Balaban J connectivity index is 2.23. The van der Waals surface area contributed by atoms with Crippen molar-refractivity contribution in [2.45, 2.75) is 0 Å². The van der Waals surface area contributed by atoms with Crippen molar-refractivity contribution in [3.8, 4) is 11.5 Å². The van der Waals surface area contributed by atoms with Crippen molar-refractivity contribution in [1.29, 1.82) is 0 Å². The number of carbonyl (C=O) groups is 1. The molecule has 90 valence electrons. The number of hydrogen-bond acceptors (Lipinski definition) is 5. The second-order valence-electron chi connectivity index (χ2n) is 3.34. The molecular formula is C11H12N2O3S. The topological polar surface area (TPSA) is 70.9 Å². The average molecular weight is 252 g/mol. The summed E-state index contributed by atoms with van der Waals surface area (Å²) in [4.78, 5) is 16.1. The summed E-state index contributed by atoms with van der Waals surface area (Å²) in [5.74, 6) is 0.692. The van der Waals surface area contributed by atoms with Gasteiger partial charge in [0.25, 0.3) is 5.91 Å². The molecule has 0 spiro atoms. The van der Waals surface area contributed by atoms with Crippen molar-refractivity contribution in [1.82, 2.24) is 5.32 Å². The monoisotopic (exact) mass is 252 g/mol. The van der Waals surface area contributed by atoms with Crippen LogP contribution in [0.2, 0.25) is 0 Å². The molecule has 6 heteroatoms. The number of phenols is 1. The summed E-state index contributed by atoms with van der Waals surface area (Å²) in [5, 5.41) is 12.9. The van der Waals surface area contributed by atoms with Crippen LogP contribution in [-0.2, 0) is 0 Å². The Labute approximate surface area is 103 Å². The molecule has 0 aromatic heterocycles. The number of aromatic hydroxyl groups is 1. The van der Waals surface area contributed by atoms with Crippen molar-refractivity contribution < 1.29 is 14.6 Å². The van der Waals surface area contributed by atoms with Gasteiger partial charge in [0.1, 0.15) is 17.1 Å². The SMILES string of the molecule is COc1cccc(O)c1C(=O)NC1=NCCS1. The van der Waals surface area contributed by atoms with Crippen LogP contribution in [0.25, 0.3) is 0 Å². The van der Waals surface area contributed by atoms with Gasteiger partial charge in [-0.25, -0.2) is 0 Å². The maximum atomic E-state index is 12.0. The van der Waals surface area contributed by atoms with Crippen LogP contribution < -0.4 is 10.1 Å². The van der Waals surface area contributed by atoms with E-state index in [9.17, 15) is 9.90 Å². The van der Waals surface area contributed by atoms with Gasteiger partial charge >= 0.3 is 0 Å². The minimum atomic E-state index is -0.409. The Kier molecular flexibility index (Phi) is 3.53. The lowest BCUT2D eigenvalue weighted by Gasteiger charge is -2.10. The standard InChI is InChI=1S/C11H12N2O3S/c1-16-8-4-2-3-7(14)9(8)10(15)13-11-12-5-6-17-11/h2-4,14H,5-6H2,1H3,(H,12,13,15). The van der Waals surface area contributed by atoms with Crippen molar-refractivity contribution in [2.24, 2.45) is 4.99 Å². The normalized spacial score (nSPS) is 14.3. The van der Waals surface area contributed by atoms with Gasteiger partial charge in [-0.15, -0.1) is 0 Å². The fraction of sp³-hybridized carbons (Fsp3) is 0.273. The van der Waals surface area contributed by atoms with Gasteiger partial charge in [-0.2, -0.15) is 0 Å². The van der Waals surface area contributed by atoms with Gasteiger partial charge in [-0.05, 0) is 12.1 Å². The van der Waals surface area contributed by atoms with Gasteiger partial charge in [-0.3, -0.25) is 9.79 Å². The number of nitrogens with one attached hydrogen (secondary N) is 1. The number of amidine groups is 1. The van der Waals surface area contributed by atoms with E-state index in [0.29, 0.717) is 17.5 Å². The van der Waals surface area contributed by atoms with E-state index < -0.39 is 5.91 Å². The van der Waals surface area contributed by atoms with E-state index in [4.69, 9.17) is 4.74 Å². The van der Waals surface area contributed by atoms with Crippen LogP contribution in [0.15, 0.2) is 23.2 Å². The number of benzene rings is 1. The predicted molar refractivity (Wildman–Crippen MR) is 66.9 cm³/mol. The second kappa shape index (κ2) is 5.09. The molecular weight excluding hydrogens is 240 g/mol. The molecule has 17 heavy (non-hydrogen) atoms. The molecule has 1 aliphatic heterocycles. The van der Waals surface area contributed by atoms with Crippen molar-refractivity contribution >= 4 is 22.8 Å². The maximum absolute atomic E-state index is 12.0. The lowest BCUT2D eigenvalue weighted by Crippen LogP contribution is -2.27. The van der Waals surface area contributed by atoms with Crippen molar-refractivity contribution in [3.63, 3.8) is 0 Å². The molecule has 1 aromatic rings. The molecule has 2 N–H and O–H groups in total. The smallest absolute Gasteiger partial charge is 0.264 e. The predicted octanol–water partition coefficient (Wildman–Crippen LogP) is 1.23. The van der Waals surface area contributed by atoms with Crippen molar-refractivity contribution in [2.75, 3.05) is 19.4 Å². The van der Waals surface area contributed by atoms with E-state index in [1.165, 1.54) is 24.9 Å². The third-order valence-electron chi connectivity index (χ3n) is 2.26. The lowest BCUT2D eigenvalue weighted by molar-refractivity contribution is 0.0972. The molecule has 2 rings (SSSR count). The highest BCUT2D eigenvalue weighted by molar-refractivity contribution is 8.14. The Bertz CT molecular complexity index is 474. The van der Waals surface area contributed by atoms with E-state index in [0.717, 1.165) is 5.75 Å². The van der Waals surface area contributed by atoms with Crippen LogP contribution in [0, 0.1) is 0 Å². The summed E-state index contributed by atoms with van der Waals surface area (Å²) in [6.45, 7) is 0.707. The number of hydrogen-bond donors (Lipinski definition) is 2. The number of amides is 1. The number of carbonyl (C=O) groups excluding carboxylic acids is 1. The molecule has 5 nitrogen and oxygen atoms in total. The van der Waals surface area contributed by atoms with E-state index in [1.807, 2.05) is 0 Å². The Morgan fingerprint density at radius 1 is 1.59 bits per heavy atom. The zero-order valence-electron chi connectivity index (χ0n) is 9.27. The van der Waals surface area contributed by atoms with E-state index in [2.05, 4.69) is 10.3 Å². The first-order valence-electron chi connectivity index (χ1n) is 5.07. The number of aliphatic imine (C=N–C) groups is 1. The molecule has 0 saturated carbocycles. The van der Waals surface area contributed by atoms with Crippen LogP contribution in [0.4, 0.5) is 0 Å². The maximum Gasteiger partial charge on any atom is 0.264 e. The minimum Gasteiger partial charge on any atom is -0.507 e. The minimum absolute atomic E-state index is 0.106. The van der Waals surface area contributed by atoms with Crippen molar-refractivity contribution in [3.05, 3.63) is 23.8 Å². The molecule has 0 bridgehead atoms. The fourth-order valence-electron chi connectivity index (χ4n) is 1.49. The molecule has 0 radical (unpaired) electrons. The van der Waals surface area contributed by atoms with E-state index in [1.54, 1.807) is 12.1 Å². The molecule has 0 saturated heterocycles. The first-order valence-corrected chi connectivity index (χ1v) is 6.05. The molecule has 1 aliphatic rings. The van der Waals surface area contributed by atoms with Crippen LogP contribution in [0.1, 0.15) is 10.4 Å². The van der Waals surface area contributed by atoms with Gasteiger partial charge < -0.3 is 15.2 Å². The fourth-order valence-corrected chi connectivity index (χ4v) is 2.21. The van der Waals surface area contributed by atoms with Crippen LogP contribution in [-0.4, -0.2) is 35.6 Å². The number of methoxy groups -OCH3 is 1. The zero-order valence-corrected chi connectivity index (χ0v) is 10.1. The highest BCUT2D eigenvalue weighted by atomic mass is 32.2. The second-order valence-corrected chi connectivity index (χ2v) is 4.43. The van der Waals surface area contributed by atoms with Gasteiger partial charge in [0.15, 0.2) is 5.17 Å². The first-order chi connectivity index (χ1) is 8.22. The third-order valence-corrected chi connectivity index (χ3v) is 3.15. The number of thioether (sulfide) groups is 1. The quantitative estimate of drug-likeness (QED) is 0.830. The van der Waals surface area contributed by atoms with Gasteiger partial charge in [0.05, 0.1) is 13.7 Å². The largest absolute Gasteiger partial charge is 0.507 e. The summed E-state index contributed by atoms with van der Waals surface area (Å²) in [5.41, 5.74) is 0.130. The average Bonchev–Trinajstić information content (AvgIpc) is 2.81. The lowest BCUT2D eigenvalue weighted by atomic mass is 10.1. The zero-order chi connectivity index (χ0) is 12.3. The van der Waals surface area contributed by atoms with Crippen LogP contribution in [0.5, 0.6) is 11.5 Å². The molecule has 1 amide bonds. The number of ether oxygens (including phenoxy) is 1. The summed E-state index contributed by atoms with van der Waals surface area (Å²) in [6.07, 6.45) is 0. The number of nitrogens with zero attached hydrogens (tertiary/aromatic N) is 1. The molecule has 0 unspecified atom stereocenters. The summed E-state index contributed by atoms with van der Waals surface area (Å²) >= 11 is 1.48. The summed E-state index contributed by atoms with van der Waals surface area (Å²) in [6, 6.07) is 4.69. The molecule has 0 fully saturated rings. The molecule has 0 atom stereocenters. The third kappa shape index (κ3) is 2.52. The molecule has 1 heterocycles. The first kappa shape index (κ1) is 11.8. The number of rotatable bonds is 2. The molecule has 1 aromatic carbocycles. The van der Waals surface area contributed by atoms with Crippen LogP contribution in [0.3, 0.4) is 0 Å². The van der Waals surface area contributed by atoms with Gasteiger partial charge in [0.2, 0.25) is 0 Å². The van der Waals surface area contributed by atoms with E-state index >= 15 is 0 Å². The van der Waals surface area contributed by atoms with Gasteiger partial charge in [0, 0.05) is 5.75 Å². The Hall–Kier alpha value is -1.69.